The molecule has 98 valence electrons. The van der Waals surface area contributed by atoms with Gasteiger partial charge in [0.1, 0.15) is 12.4 Å². The van der Waals surface area contributed by atoms with E-state index in [1.54, 1.807) is 6.92 Å². The highest BCUT2D eigenvalue weighted by Crippen LogP contribution is 2.30. The van der Waals surface area contributed by atoms with Crippen LogP contribution in [0, 0.1) is 3.57 Å². The summed E-state index contributed by atoms with van der Waals surface area (Å²) in [7, 11) is 0. The monoisotopic (exact) mass is 430 g/mol. The summed E-state index contributed by atoms with van der Waals surface area (Å²) in [6, 6.07) is 13.7. The van der Waals surface area contributed by atoms with E-state index in [1.165, 1.54) is 0 Å². The lowest BCUT2D eigenvalue weighted by molar-refractivity contribution is 0.101. The predicted molar refractivity (Wildman–Crippen MR) is 87.6 cm³/mol. The fourth-order valence-corrected chi connectivity index (χ4v) is 2.92. The quantitative estimate of drug-likeness (QED) is 0.512. The summed E-state index contributed by atoms with van der Waals surface area (Å²) in [4.78, 5) is 11.4. The maximum atomic E-state index is 11.4. The molecule has 4 heteroatoms. The number of carbonyl (C=O) groups excluding carboxylic acids is 1. The number of ketones is 1. The van der Waals surface area contributed by atoms with Crippen molar-refractivity contribution < 1.29 is 9.53 Å². The molecule has 0 spiro atoms. The third-order valence-electron chi connectivity index (χ3n) is 2.64. The van der Waals surface area contributed by atoms with Crippen LogP contribution in [0.1, 0.15) is 22.8 Å². The van der Waals surface area contributed by atoms with Crippen LogP contribution in [0.5, 0.6) is 5.75 Å². The first-order chi connectivity index (χ1) is 9.08. The minimum atomic E-state index is 0.0553. The molecule has 0 unspecified atom stereocenters. The van der Waals surface area contributed by atoms with Crippen molar-refractivity contribution in [3.05, 3.63) is 61.6 Å². The van der Waals surface area contributed by atoms with Crippen molar-refractivity contribution in [3.8, 4) is 5.75 Å². The second-order valence-electron chi connectivity index (χ2n) is 4.09. The molecule has 2 rings (SSSR count). The summed E-state index contributed by atoms with van der Waals surface area (Å²) in [6.07, 6.45) is 0. The van der Waals surface area contributed by atoms with E-state index in [2.05, 4.69) is 38.5 Å². The van der Waals surface area contributed by atoms with Crippen molar-refractivity contribution in [1.82, 2.24) is 0 Å². The van der Waals surface area contributed by atoms with Gasteiger partial charge in [0.2, 0.25) is 0 Å². The largest absolute Gasteiger partial charge is 0.488 e. The molecule has 2 aromatic carbocycles. The molecule has 2 aromatic rings. The average molecular weight is 431 g/mol. The number of hydrogen-bond acceptors (Lipinski definition) is 2. The first-order valence-electron chi connectivity index (χ1n) is 5.74. The van der Waals surface area contributed by atoms with Gasteiger partial charge in [0.05, 0.1) is 4.47 Å². The van der Waals surface area contributed by atoms with Crippen LogP contribution in [0.25, 0.3) is 0 Å². The van der Waals surface area contributed by atoms with Crippen LogP contribution in [-0.2, 0) is 6.61 Å². The Labute approximate surface area is 134 Å². The number of halogens is 2. The molecule has 0 radical (unpaired) electrons. The van der Waals surface area contributed by atoms with E-state index in [1.807, 2.05) is 42.5 Å². The molecule has 0 atom stereocenters. The van der Waals surface area contributed by atoms with Crippen LogP contribution < -0.4 is 4.74 Å². The molecule has 0 aliphatic carbocycles. The van der Waals surface area contributed by atoms with Crippen molar-refractivity contribution in [2.45, 2.75) is 13.5 Å². The predicted octanol–water partition coefficient (Wildman–Crippen LogP) is 4.84. The number of benzene rings is 2. The SMILES string of the molecule is CC(=O)c1cc(Br)c(OCc2ccccc2)cc1I. The zero-order valence-electron chi connectivity index (χ0n) is 10.3. The fraction of sp³-hybridized carbons (Fsp3) is 0.133. The Morgan fingerprint density at radius 2 is 1.95 bits per heavy atom. The Balaban J connectivity index is 2.17. The van der Waals surface area contributed by atoms with Gasteiger partial charge in [-0.05, 0) is 63.1 Å². The van der Waals surface area contributed by atoms with Gasteiger partial charge in [0.25, 0.3) is 0 Å². The molecule has 19 heavy (non-hydrogen) atoms. The summed E-state index contributed by atoms with van der Waals surface area (Å²) in [5.41, 5.74) is 1.82. The molecule has 0 aliphatic rings. The number of carbonyl (C=O) groups is 1. The Morgan fingerprint density at radius 1 is 1.26 bits per heavy atom. The van der Waals surface area contributed by atoms with E-state index < -0.39 is 0 Å². The maximum absolute atomic E-state index is 11.4. The van der Waals surface area contributed by atoms with Gasteiger partial charge >= 0.3 is 0 Å². The molecule has 0 amide bonds. The molecule has 0 aliphatic heterocycles. The first-order valence-corrected chi connectivity index (χ1v) is 7.62. The lowest BCUT2D eigenvalue weighted by Gasteiger charge is -2.10. The Kier molecular flexibility index (Phi) is 4.99. The van der Waals surface area contributed by atoms with Gasteiger partial charge in [0, 0.05) is 9.13 Å². The molecule has 0 aromatic heterocycles. The van der Waals surface area contributed by atoms with Crippen LogP contribution >= 0.6 is 38.5 Å². The van der Waals surface area contributed by atoms with E-state index in [4.69, 9.17) is 4.74 Å². The van der Waals surface area contributed by atoms with E-state index >= 15 is 0 Å². The van der Waals surface area contributed by atoms with Gasteiger partial charge in [0.15, 0.2) is 5.78 Å². The number of ether oxygens (including phenoxy) is 1. The van der Waals surface area contributed by atoms with Gasteiger partial charge in [-0.15, -0.1) is 0 Å². The third-order valence-corrected chi connectivity index (χ3v) is 4.15. The van der Waals surface area contributed by atoms with E-state index in [9.17, 15) is 4.79 Å². The molecular formula is C15H12BrIO2. The van der Waals surface area contributed by atoms with Crippen molar-refractivity contribution in [1.29, 1.82) is 0 Å². The topological polar surface area (TPSA) is 26.3 Å². The van der Waals surface area contributed by atoms with Crippen LogP contribution in [0.3, 0.4) is 0 Å². The number of hydrogen-bond donors (Lipinski definition) is 0. The third kappa shape index (κ3) is 3.79. The van der Waals surface area contributed by atoms with E-state index in [0.29, 0.717) is 12.2 Å². The van der Waals surface area contributed by atoms with Gasteiger partial charge in [-0.1, -0.05) is 30.3 Å². The Morgan fingerprint density at radius 3 is 2.58 bits per heavy atom. The zero-order chi connectivity index (χ0) is 13.8. The van der Waals surface area contributed by atoms with Crippen molar-refractivity contribution in [3.63, 3.8) is 0 Å². The fourth-order valence-electron chi connectivity index (χ4n) is 1.64. The highest BCUT2D eigenvalue weighted by atomic mass is 127. The summed E-state index contributed by atoms with van der Waals surface area (Å²) >= 11 is 5.59. The van der Waals surface area contributed by atoms with Crippen LogP contribution in [0.15, 0.2) is 46.9 Å². The second-order valence-corrected chi connectivity index (χ2v) is 6.11. The normalized spacial score (nSPS) is 10.3. The van der Waals surface area contributed by atoms with Gasteiger partial charge in [-0.3, -0.25) is 4.79 Å². The zero-order valence-corrected chi connectivity index (χ0v) is 14.1. The molecule has 0 fully saturated rings. The molecular weight excluding hydrogens is 419 g/mol. The van der Waals surface area contributed by atoms with Gasteiger partial charge in [-0.2, -0.15) is 0 Å². The van der Waals surface area contributed by atoms with Crippen molar-refractivity contribution in [2.24, 2.45) is 0 Å². The standard InChI is InChI=1S/C15H12BrIO2/c1-10(18)12-7-13(16)15(8-14(12)17)19-9-11-5-3-2-4-6-11/h2-8H,9H2,1H3. The summed E-state index contributed by atoms with van der Waals surface area (Å²) in [6.45, 7) is 2.07. The highest BCUT2D eigenvalue weighted by Gasteiger charge is 2.11. The second kappa shape index (κ2) is 6.52. The molecule has 0 N–H and O–H groups in total. The lowest BCUT2D eigenvalue weighted by atomic mass is 10.1. The lowest BCUT2D eigenvalue weighted by Crippen LogP contribution is -2.00. The van der Waals surface area contributed by atoms with Crippen molar-refractivity contribution >= 4 is 44.3 Å². The molecule has 2 nitrogen and oxygen atoms in total. The number of Topliss-reactive ketones (excluding diaryl/α,β-unsaturated/α-hetero) is 1. The summed E-state index contributed by atoms with van der Waals surface area (Å²) < 4.78 is 7.47. The molecule has 0 heterocycles. The highest BCUT2D eigenvalue weighted by molar-refractivity contribution is 14.1. The number of rotatable bonds is 4. The van der Waals surface area contributed by atoms with Gasteiger partial charge < -0.3 is 4.74 Å². The summed E-state index contributed by atoms with van der Waals surface area (Å²) in [5.74, 6) is 0.804. The molecule has 0 bridgehead atoms. The van der Waals surface area contributed by atoms with Gasteiger partial charge in [-0.25, -0.2) is 0 Å². The van der Waals surface area contributed by atoms with E-state index in [-0.39, 0.29) is 5.78 Å². The van der Waals surface area contributed by atoms with Crippen LogP contribution in [-0.4, -0.2) is 5.78 Å². The summed E-state index contributed by atoms with van der Waals surface area (Å²) in [5, 5.41) is 0. The average Bonchev–Trinajstić information content (AvgIpc) is 2.40. The molecule has 0 saturated carbocycles. The van der Waals surface area contributed by atoms with Crippen LogP contribution in [0.4, 0.5) is 0 Å². The van der Waals surface area contributed by atoms with E-state index in [0.717, 1.165) is 19.4 Å². The van der Waals surface area contributed by atoms with Crippen molar-refractivity contribution in [2.75, 3.05) is 0 Å². The Bertz CT molecular complexity index is 597. The minimum absolute atomic E-state index is 0.0553. The molecule has 0 saturated heterocycles. The van der Waals surface area contributed by atoms with Crippen LogP contribution in [0.2, 0.25) is 0 Å². The maximum Gasteiger partial charge on any atom is 0.160 e. The smallest absolute Gasteiger partial charge is 0.160 e. The Hall–Kier alpha value is -0.880. The first kappa shape index (κ1) is 14.5. The minimum Gasteiger partial charge on any atom is -0.488 e.